The predicted octanol–water partition coefficient (Wildman–Crippen LogP) is 2.66. The van der Waals surface area contributed by atoms with E-state index in [1.807, 2.05) is 39.0 Å². The third-order valence-electron chi connectivity index (χ3n) is 3.06. The molecule has 0 atom stereocenters. The Labute approximate surface area is 106 Å². The van der Waals surface area contributed by atoms with Gasteiger partial charge in [0.1, 0.15) is 6.54 Å². The molecule has 18 heavy (non-hydrogen) atoms. The topological polar surface area (TPSA) is 62.2 Å². The van der Waals surface area contributed by atoms with Crippen LogP contribution >= 0.6 is 0 Å². The van der Waals surface area contributed by atoms with E-state index >= 15 is 0 Å². The number of nitrogens with zero attached hydrogens (tertiary/aromatic N) is 1. The van der Waals surface area contributed by atoms with Gasteiger partial charge in [0, 0.05) is 16.8 Å². The predicted molar refractivity (Wildman–Crippen MR) is 72.1 cm³/mol. The summed E-state index contributed by atoms with van der Waals surface area (Å²) in [6.07, 6.45) is 0. The molecule has 2 N–H and O–H groups in total. The molecule has 0 spiro atoms. The van der Waals surface area contributed by atoms with Gasteiger partial charge in [-0.05, 0) is 38.0 Å². The second-order valence-electron chi connectivity index (χ2n) is 4.46. The first-order valence-electron chi connectivity index (χ1n) is 5.82. The van der Waals surface area contributed by atoms with E-state index in [1.165, 1.54) is 5.56 Å². The molecule has 0 aliphatic carbocycles. The van der Waals surface area contributed by atoms with Crippen LogP contribution in [-0.4, -0.2) is 22.6 Å². The van der Waals surface area contributed by atoms with E-state index in [0.29, 0.717) is 0 Å². The van der Waals surface area contributed by atoms with Crippen LogP contribution in [0.1, 0.15) is 16.8 Å². The highest BCUT2D eigenvalue weighted by atomic mass is 16.4. The van der Waals surface area contributed by atoms with Crippen LogP contribution in [0, 0.1) is 20.8 Å². The normalized spacial score (nSPS) is 10.6. The zero-order valence-electron chi connectivity index (χ0n) is 10.7. The second-order valence-corrected chi connectivity index (χ2v) is 4.46. The number of hydrogen-bond acceptors (Lipinski definition) is 3. The lowest BCUT2D eigenvalue weighted by molar-refractivity contribution is -0.134. The Morgan fingerprint density at radius 1 is 1.33 bits per heavy atom. The first-order chi connectivity index (χ1) is 8.49. The van der Waals surface area contributed by atoms with Crippen LogP contribution in [0.25, 0.3) is 10.9 Å². The van der Waals surface area contributed by atoms with E-state index < -0.39 is 5.97 Å². The summed E-state index contributed by atoms with van der Waals surface area (Å²) in [7, 11) is 0. The minimum atomic E-state index is -0.874. The van der Waals surface area contributed by atoms with Crippen LogP contribution in [0.3, 0.4) is 0 Å². The Balaban J connectivity index is 2.59. The van der Waals surface area contributed by atoms with Gasteiger partial charge in [-0.2, -0.15) is 0 Å². The van der Waals surface area contributed by atoms with Crippen molar-refractivity contribution in [1.29, 1.82) is 0 Å². The minimum Gasteiger partial charge on any atom is -0.480 e. The second kappa shape index (κ2) is 4.64. The van der Waals surface area contributed by atoms with E-state index in [-0.39, 0.29) is 6.54 Å². The number of rotatable bonds is 3. The van der Waals surface area contributed by atoms with Crippen molar-refractivity contribution in [2.45, 2.75) is 20.8 Å². The Kier molecular flexibility index (Phi) is 3.19. The molecule has 94 valence electrons. The van der Waals surface area contributed by atoms with Gasteiger partial charge in [-0.1, -0.05) is 12.1 Å². The van der Waals surface area contributed by atoms with Gasteiger partial charge in [0.2, 0.25) is 0 Å². The molecule has 1 aromatic carbocycles. The van der Waals surface area contributed by atoms with Crippen molar-refractivity contribution < 1.29 is 9.90 Å². The Bertz CT molecular complexity index is 621. The van der Waals surface area contributed by atoms with Crippen molar-refractivity contribution in [3.8, 4) is 0 Å². The summed E-state index contributed by atoms with van der Waals surface area (Å²) in [5.74, 6) is -0.874. The lowest BCUT2D eigenvalue weighted by atomic mass is 10.0. The minimum absolute atomic E-state index is 0.0918. The molecule has 4 heteroatoms. The maximum atomic E-state index is 10.6. The number of benzene rings is 1. The van der Waals surface area contributed by atoms with Gasteiger partial charge >= 0.3 is 5.97 Å². The molecule has 0 bridgehead atoms. The number of aliphatic carboxylic acids is 1. The lowest BCUT2D eigenvalue weighted by Crippen LogP contribution is -2.13. The summed E-state index contributed by atoms with van der Waals surface area (Å²) in [4.78, 5) is 15.2. The van der Waals surface area contributed by atoms with Gasteiger partial charge in [-0.3, -0.25) is 9.78 Å². The molecular formula is C14H16N2O2. The summed E-state index contributed by atoms with van der Waals surface area (Å²) >= 11 is 0. The van der Waals surface area contributed by atoms with Crippen molar-refractivity contribution in [1.82, 2.24) is 4.98 Å². The molecule has 4 nitrogen and oxygen atoms in total. The van der Waals surface area contributed by atoms with E-state index in [0.717, 1.165) is 27.8 Å². The highest BCUT2D eigenvalue weighted by molar-refractivity contribution is 5.94. The number of fused-ring (bicyclic) bond motifs is 1. The summed E-state index contributed by atoms with van der Waals surface area (Å²) in [6, 6.07) is 5.88. The van der Waals surface area contributed by atoms with Crippen molar-refractivity contribution in [2.75, 3.05) is 11.9 Å². The fourth-order valence-corrected chi connectivity index (χ4v) is 1.97. The highest BCUT2D eigenvalue weighted by Crippen LogP contribution is 2.27. The van der Waals surface area contributed by atoms with Gasteiger partial charge in [0.15, 0.2) is 0 Å². The van der Waals surface area contributed by atoms with Crippen molar-refractivity contribution >= 4 is 22.6 Å². The maximum Gasteiger partial charge on any atom is 0.322 e. The first-order valence-corrected chi connectivity index (χ1v) is 5.82. The number of carboxylic acid groups (broad SMARTS) is 1. The van der Waals surface area contributed by atoms with Crippen LogP contribution < -0.4 is 5.32 Å². The molecule has 0 aliphatic heterocycles. The quantitative estimate of drug-likeness (QED) is 0.871. The number of aromatic nitrogens is 1. The Morgan fingerprint density at radius 2 is 2.06 bits per heavy atom. The van der Waals surface area contributed by atoms with E-state index in [9.17, 15) is 4.79 Å². The highest BCUT2D eigenvalue weighted by Gasteiger charge is 2.08. The molecule has 0 radical (unpaired) electrons. The van der Waals surface area contributed by atoms with E-state index in [2.05, 4.69) is 10.3 Å². The number of anilines is 1. The molecule has 0 saturated carbocycles. The zero-order chi connectivity index (χ0) is 13.3. The average Bonchev–Trinajstić information content (AvgIpc) is 2.31. The lowest BCUT2D eigenvalue weighted by Gasteiger charge is -2.12. The van der Waals surface area contributed by atoms with Gasteiger partial charge in [0.05, 0.1) is 5.52 Å². The number of nitrogens with one attached hydrogen (secondary N) is 1. The van der Waals surface area contributed by atoms with Crippen molar-refractivity contribution in [2.24, 2.45) is 0 Å². The van der Waals surface area contributed by atoms with Crippen LogP contribution in [0.2, 0.25) is 0 Å². The Morgan fingerprint density at radius 3 is 2.72 bits per heavy atom. The van der Waals surface area contributed by atoms with E-state index in [4.69, 9.17) is 5.11 Å². The largest absolute Gasteiger partial charge is 0.480 e. The molecule has 1 aromatic heterocycles. The Hall–Kier alpha value is -2.10. The summed E-state index contributed by atoms with van der Waals surface area (Å²) in [5.41, 5.74) is 4.95. The standard InChI is InChI=1S/C14H16N2O2/c1-8-4-5-11-12(15-7-13(17)18)6-9(2)16-14(11)10(8)3/h4-6H,7H2,1-3H3,(H,15,16)(H,17,18). The zero-order valence-corrected chi connectivity index (χ0v) is 10.7. The smallest absolute Gasteiger partial charge is 0.322 e. The average molecular weight is 244 g/mol. The molecule has 2 aromatic rings. The molecule has 0 saturated heterocycles. The number of carbonyl (C=O) groups is 1. The van der Waals surface area contributed by atoms with Gasteiger partial charge in [0.25, 0.3) is 0 Å². The summed E-state index contributed by atoms with van der Waals surface area (Å²) in [5, 5.41) is 12.6. The third kappa shape index (κ3) is 2.27. The van der Waals surface area contributed by atoms with Crippen molar-refractivity contribution in [3.05, 3.63) is 35.0 Å². The van der Waals surface area contributed by atoms with Crippen LogP contribution in [-0.2, 0) is 4.79 Å². The van der Waals surface area contributed by atoms with Crippen LogP contribution in [0.4, 0.5) is 5.69 Å². The van der Waals surface area contributed by atoms with Gasteiger partial charge < -0.3 is 10.4 Å². The summed E-state index contributed by atoms with van der Waals surface area (Å²) in [6.45, 7) is 5.90. The number of aryl methyl sites for hydroxylation is 3. The fourth-order valence-electron chi connectivity index (χ4n) is 1.97. The molecule has 0 aliphatic rings. The molecule has 0 unspecified atom stereocenters. The molecule has 0 amide bonds. The van der Waals surface area contributed by atoms with Crippen LogP contribution in [0.5, 0.6) is 0 Å². The molecule has 0 fully saturated rings. The fraction of sp³-hybridized carbons (Fsp3) is 0.286. The molecule has 2 rings (SSSR count). The number of pyridine rings is 1. The SMILES string of the molecule is Cc1cc(NCC(=O)O)c2ccc(C)c(C)c2n1. The van der Waals surface area contributed by atoms with Crippen molar-refractivity contribution in [3.63, 3.8) is 0 Å². The monoisotopic (exact) mass is 244 g/mol. The summed E-state index contributed by atoms with van der Waals surface area (Å²) < 4.78 is 0. The van der Waals surface area contributed by atoms with Crippen LogP contribution in [0.15, 0.2) is 18.2 Å². The van der Waals surface area contributed by atoms with Gasteiger partial charge in [-0.25, -0.2) is 0 Å². The van der Waals surface area contributed by atoms with E-state index in [1.54, 1.807) is 0 Å². The van der Waals surface area contributed by atoms with Gasteiger partial charge in [-0.15, -0.1) is 0 Å². The molecular weight excluding hydrogens is 228 g/mol. The first kappa shape index (κ1) is 12.4. The number of carboxylic acids is 1. The number of hydrogen-bond donors (Lipinski definition) is 2. The maximum absolute atomic E-state index is 10.6. The third-order valence-corrected chi connectivity index (χ3v) is 3.06. The molecule has 1 heterocycles.